The summed E-state index contributed by atoms with van der Waals surface area (Å²) in [5.74, 6) is -2.07. The second-order valence-electron chi connectivity index (χ2n) is 7.88. The summed E-state index contributed by atoms with van der Waals surface area (Å²) < 4.78 is 0. The molecule has 0 saturated heterocycles. The number of nitrogens with two attached hydrogens (primary N) is 1. The number of carbonyl (C=O) groups excluding carboxylic acids is 2. The monoisotopic (exact) mass is 407 g/mol. The lowest BCUT2D eigenvalue weighted by molar-refractivity contribution is -0.142. The van der Waals surface area contributed by atoms with Gasteiger partial charge in [0.1, 0.15) is 17.8 Å². The number of hydrogen-bond acceptors (Lipinski definition) is 5. The van der Waals surface area contributed by atoms with Crippen LogP contribution >= 0.6 is 0 Å². The topological polar surface area (TPSA) is 142 Å². The normalized spacial score (nSPS) is 15.2. The number of aliphatic carboxylic acids is 1. The lowest BCUT2D eigenvalue weighted by Gasteiger charge is -2.27. The molecular formula is C21H33N3O5. The molecule has 0 aliphatic rings. The number of phenolic OH excluding ortho intramolecular Hbond substituents is 1. The van der Waals surface area contributed by atoms with E-state index >= 15 is 0 Å². The van der Waals surface area contributed by atoms with Gasteiger partial charge >= 0.3 is 5.97 Å². The van der Waals surface area contributed by atoms with Crippen LogP contribution in [0.2, 0.25) is 0 Å². The fraction of sp³-hybridized carbons (Fsp3) is 0.571. The molecule has 0 saturated carbocycles. The van der Waals surface area contributed by atoms with Crippen LogP contribution in [0.5, 0.6) is 5.75 Å². The number of carboxylic acids is 1. The van der Waals surface area contributed by atoms with Crippen molar-refractivity contribution in [1.82, 2.24) is 10.6 Å². The maximum absolute atomic E-state index is 12.8. The average molecular weight is 408 g/mol. The van der Waals surface area contributed by atoms with Gasteiger partial charge in [0.05, 0.1) is 6.04 Å². The summed E-state index contributed by atoms with van der Waals surface area (Å²) in [6.07, 6.45) is 1.15. The van der Waals surface area contributed by atoms with E-state index < -0.39 is 35.9 Å². The highest BCUT2D eigenvalue weighted by atomic mass is 16.4. The van der Waals surface area contributed by atoms with Gasteiger partial charge in [0, 0.05) is 6.42 Å². The predicted molar refractivity (Wildman–Crippen MR) is 110 cm³/mol. The molecule has 0 bridgehead atoms. The highest BCUT2D eigenvalue weighted by molar-refractivity contribution is 5.92. The number of nitrogens with one attached hydrogen (secondary N) is 2. The lowest BCUT2D eigenvalue weighted by atomic mass is 9.96. The Balaban J connectivity index is 2.89. The molecule has 2 amide bonds. The summed E-state index contributed by atoms with van der Waals surface area (Å²) in [6.45, 7) is 7.60. The molecular weight excluding hydrogens is 374 g/mol. The smallest absolute Gasteiger partial charge is 0.326 e. The molecule has 0 fully saturated rings. The van der Waals surface area contributed by atoms with Crippen LogP contribution in [-0.2, 0) is 20.8 Å². The fourth-order valence-electron chi connectivity index (χ4n) is 2.91. The zero-order chi connectivity index (χ0) is 22.1. The van der Waals surface area contributed by atoms with Gasteiger partial charge in [0.2, 0.25) is 11.8 Å². The second-order valence-corrected chi connectivity index (χ2v) is 7.88. The molecule has 0 aliphatic heterocycles. The number of carboxylic acid groups (broad SMARTS) is 1. The number of amides is 2. The van der Waals surface area contributed by atoms with E-state index in [1.807, 2.05) is 27.7 Å². The van der Waals surface area contributed by atoms with Gasteiger partial charge in [-0.15, -0.1) is 0 Å². The third-order valence-corrected chi connectivity index (χ3v) is 4.85. The fourth-order valence-corrected chi connectivity index (χ4v) is 2.91. The van der Waals surface area contributed by atoms with Crippen LogP contribution in [0.4, 0.5) is 0 Å². The first-order valence-electron chi connectivity index (χ1n) is 9.92. The minimum Gasteiger partial charge on any atom is -0.508 e. The Kier molecular flexibility index (Phi) is 9.61. The van der Waals surface area contributed by atoms with Gasteiger partial charge in [-0.25, -0.2) is 4.79 Å². The molecule has 1 aromatic carbocycles. The third-order valence-electron chi connectivity index (χ3n) is 4.85. The van der Waals surface area contributed by atoms with Crippen molar-refractivity contribution in [3.05, 3.63) is 29.8 Å². The number of carbonyl (C=O) groups is 3. The Morgan fingerprint density at radius 1 is 1.03 bits per heavy atom. The Labute approximate surface area is 171 Å². The number of rotatable bonds is 11. The Bertz CT molecular complexity index is 690. The van der Waals surface area contributed by atoms with E-state index in [0.717, 1.165) is 0 Å². The van der Waals surface area contributed by atoms with E-state index in [9.17, 15) is 24.6 Å². The molecule has 0 heterocycles. The Hall–Kier alpha value is -2.61. The standard InChI is InChI=1S/C21H33N3O5/c1-5-13(4)18(24-19(26)16(22)10-12(2)3)20(27)23-17(21(28)29)11-14-6-8-15(25)9-7-14/h6-9,12-13,16-18,25H,5,10-11,22H2,1-4H3,(H,23,27)(H,24,26)(H,28,29)/t13-,16-,17-,18-/m0/s1. The average Bonchev–Trinajstić information content (AvgIpc) is 2.65. The van der Waals surface area contributed by atoms with Crippen molar-refractivity contribution in [1.29, 1.82) is 0 Å². The molecule has 8 heteroatoms. The van der Waals surface area contributed by atoms with Crippen molar-refractivity contribution in [3.63, 3.8) is 0 Å². The van der Waals surface area contributed by atoms with Crippen molar-refractivity contribution in [2.75, 3.05) is 0 Å². The molecule has 0 spiro atoms. The van der Waals surface area contributed by atoms with Crippen molar-refractivity contribution >= 4 is 17.8 Å². The van der Waals surface area contributed by atoms with Crippen molar-refractivity contribution in [2.45, 2.75) is 65.1 Å². The maximum Gasteiger partial charge on any atom is 0.326 e. The predicted octanol–water partition coefficient (Wildman–Crippen LogP) is 1.41. The quantitative estimate of drug-likeness (QED) is 0.375. The third kappa shape index (κ3) is 8.11. The van der Waals surface area contributed by atoms with Crippen molar-refractivity contribution < 1.29 is 24.6 Å². The highest BCUT2D eigenvalue weighted by Crippen LogP contribution is 2.13. The molecule has 0 unspecified atom stereocenters. The second kappa shape index (κ2) is 11.4. The number of hydrogen-bond donors (Lipinski definition) is 5. The maximum atomic E-state index is 12.8. The lowest BCUT2D eigenvalue weighted by Crippen LogP contribution is -2.57. The largest absolute Gasteiger partial charge is 0.508 e. The molecule has 1 aromatic rings. The van der Waals surface area contributed by atoms with Crippen LogP contribution in [0.3, 0.4) is 0 Å². The molecule has 0 aliphatic carbocycles. The SMILES string of the molecule is CC[C@H](C)[C@H](NC(=O)[C@@H](N)CC(C)C)C(=O)N[C@@H](Cc1ccc(O)cc1)C(=O)O. The zero-order valence-electron chi connectivity index (χ0n) is 17.5. The first kappa shape index (κ1) is 24.4. The van der Waals surface area contributed by atoms with Gasteiger partial charge in [0.25, 0.3) is 0 Å². The molecule has 6 N–H and O–H groups in total. The highest BCUT2D eigenvalue weighted by Gasteiger charge is 2.31. The molecule has 1 rings (SSSR count). The minimum absolute atomic E-state index is 0.0510. The van der Waals surface area contributed by atoms with Gasteiger partial charge in [-0.1, -0.05) is 46.2 Å². The molecule has 29 heavy (non-hydrogen) atoms. The molecule has 162 valence electrons. The van der Waals surface area contributed by atoms with E-state index in [2.05, 4.69) is 10.6 Å². The van der Waals surface area contributed by atoms with E-state index in [4.69, 9.17) is 5.73 Å². The summed E-state index contributed by atoms with van der Waals surface area (Å²) in [5, 5.41) is 24.1. The van der Waals surface area contributed by atoms with Gasteiger partial charge in [-0.2, -0.15) is 0 Å². The molecule has 4 atom stereocenters. The van der Waals surface area contributed by atoms with E-state index in [1.54, 1.807) is 12.1 Å². The van der Waals surface area contributed by atoms with E-state index in [-0.39, 0.29) is 24.0 Å². The van der Waals surface area contributed by atoms with Crippen molar-refractivity contribution in [2.24, 2.45) is 17.6 Å². The van der Waals surface area contributed by atoms with Gasteiger partial charge in [-0.3, -0.25) is 9.59 Å². The van der Waals surface area contributed by atoms with Gasteiger partial charge in [0.15, 0.2) is 0 Å². The van der Waals surface area contributed by atoms with Crippen LogP contribution in [0.25, 0.3) is 0 Å². The van der Waals surface area contributed by atoms with Gasteiger partial charge in [-0.05, 0) is 36.0 Å². The van der Waals surface area contributed by atoms with E-state index in [0.29, 0.717) is 18.4 Å². The van der Waals surface area contributed by atoms with Crippen LogP contribution in [0.15, 0.2) is 24.3 Å². The van der Waals surface area contributed by atoms with E-state index in [1.165, 1.54) is 12.1 Å². The first-order chi connectivity index (χ1) is 13.5. The number of aromatic hydroxyl groups is 1. The van der Waals surface area contributed by atoms with Crippen LogP contribution in [0, 0.1) is 11.8 Å². The first-order valence-corrected chi connectivity index (χ1v) is 9.92. The summed E-state index contributed by atoms with van der Waals surface area (Å²) in [7, 11) is 0. The minimum atomic E-state index is -1.18. The number of benzene rings is 1. The van der Waals surface area contributed by atoms with Crippen LogP contribution < -0.4 is 16.4 Å². The Morgan fingerprint density at radius 3 is 2.10 bits per heavy atom. The zero-order valence-corrected chi connectivity index (χ0v) is 17.5. The Morgan fingerprint density at radius 2 is 1.62 bits per heavy atom. The summed E-state index contributed by atoms with van der Waals surface area (Å²) in [4.78, 5) is 36.9. The number of phenols is 1. The van der Waals surface area contributed by atoms with Gasteiger partial charge < -0.3 is 26.6 Å². The molecule has 0 aromatic heterocycles. The molecule has 8 nitrogen and oxygen atoms in total. The van der Waals surface area contributed by atoms with Crippen LogP contribution in [0.1, 0.15) is 46.1 Å². The summed E-state index contributed by atoms with van der Waals surface area (Å²) in [6, 6.07) is 3.31. The molecule has 0 radical (unpaired) electrons. The van der Waals surface area contributed by atoms with Crippen molar-refractivity contribution in [3.8, 4) is 5.75 Å². The summed E-state index contributed by atoms with van der Waals surface area (Å²) in [5.41, 5.74) is 6.57. The van der Waals surface area contributed by atoms with Crippen LogP contribution in [-0.4, -0.2) is 46.1 Å². The summed E-state index contributed by atoms with van der Waals surface area (Å²) >= 11 is 0.